The summed E-state index contributed by atoms with van der Waals surface area (Å²) in [5.74, 6) is 0. The Kier molecular flexibility index (Phi) is 8.42. The van der Waals surface area contributed by atoms with Crippen LogP contribution in [-0.2, 0) is 0 Å². The van der Waals surface area contributed by atoms with Crippen molar-refractivity contribution >= 4 is 71.6 Å². The molecule has 0 radical (unpaired) electrons. The summed E-state index contributed by atoms with van der Waals surface area (Å²) in [6, 6.07) is 74.7. The Hall–Kier alpha value is -8.41. The van der Waals surface area contributed by atoms with E-state index in [9.17, 15) is 0 Å². The van der Waals surface area contributed by atoms with Crippen LogP contribution in [0.3, 0.4) is 0 Å². The zero-order valence-electron chi connectivity index (χ0n) is 33.5. The molecule has 4 aromatic heterocycles. The molecule has 8 aromatic carbocycles. The fraction of sp³-hybridized carbons (Fsp3) is 0. The van der Waals surface area contributed by atoms with Crippen molar-refractivity contribution in [1.29, 1.82) is 0 Å². The molecule has 0 amide bonds. The van der Waals surface area contributed by atoms with Crippen molar-refractivity contribution < 1.29 is 4.42 Å². The van der Waals surface area contributed by atoms with Crippen molar-refractivity contribution in [1.82, 2.24) is 15.0 Å². The molecule has 62 heavy (non-hydrogen) atoms. The van der Waals surface area contributed by atoms with Crippen molar-refractivity contribution in [2.75, 3.05) is 4.90 Å². The van der Waals surface area contributed by atoms with Crippen LogP contribution in [0, 0.1) is 0 Å². The monoisotopic (exact) mass is 792 g/mol. The summed E-state index contributed by atoms with van der Waals surface area (Å²) in [5, 5.41) is 8.15. The smallest absolute Gasteiger partial charge is 0.227 e. The quantitative estimate of drug-likeness (QED) is 0.150. The first-order valence-corrected chi connectivity index (χ1v) is 20.8. The van der Waals surface area contributed by atoms with E-state index in [2.05, 4.69) is 175 Å². The molecule has 0 fully saturated rings. The lowest BCUT2D eigenvalue weighted by Crippen LogP contribution is -2.09. The third-order valence-corrected chi connectivity index (χ3v) is 11.9. The predicted octanol–water partition coefficient (Wildman–Crippen LogP) is 15.4. The molecule has 12 rings (SSSR count). The Morgan fingerprint density at radius 1 is 0.355 bits per heavy atom. The molecule has 12 aromatic rings. The second-order valence-electron chi connectivity index (χ2n) is 15.6. The van der Waals surface area contributed by atoms with Crippen LogP contribution >= 0.6 is 0 Å². The molecule has 0 spiro atoms. The zero-order valence-corrected chi connectivity index (χ0v) is 33.5. The van der Waals surface area contributed by atoms with Gasteiger partial charge in [-0.25, -0.2) is 9.97 Å². The molecule has 5 heteroatoms. The van der Waals surface area contributed by atoms with Gasteiger partial charge in [-0.05, 0) is 105 Å². The fourth-order valence-corrected chi connectivity index (χ4v) is 8.79. The molecule has 290 valence electrons. The maximum absolute atomic E-state index is 6.14. The average molecular weight is 793 g/mol. The van der Waals surface area contributed by atoms with Gasteiger partial charge in [-0.3, -0.25) is 4.98 Å². The largest absolute Gasteiger partial charge is 0.438 e. The third-order valence-electron chi connectivity index (χ3n) is 11.9. The summed E-state index contributed by atoms with van der Waals surface area (Å²) in [4.78, 5) is 17.1. The van der Waals surface area contributed by atoms with Gasteiger partial charge in [0.2, 0.25) is 5.71 Å². The number of anilines is 3. The minimum Gasteiger partial charge on any atom is -0.438 e. The highest BCUT2D eigenvalue weighted by molar-refractivity contribution is 6.09. The first-order valence-electron chi connectivity index (χ1n) is 20.8. The Bertz CT molecular complexity index is 3620. The summed E-state index contributed by atoms with van der Waals surface area (Å²) >= 11 is 0. The molecular formula is C57H36N4O. The first kappa shape index (κ1) is 35.5. The Balaban J connectivity index is 0.930. The normalized spacial score (nSPS) is 11.5. The molecule has 0 aliphatic heterocycles. The molecule has 0 unspecified atom stereocenters. The molecule has 0 aliphatic rings. The molecule has 0 saturated carbocycles. The Morgan fingerprint density at radius 2 is 0.952 bits per heavy atom. The van der Waals surface area contributed by atoms with Crippen LogP contribution in [0.15, 0.2) is 223 Å². The molecule has 0 N–H and O–H groups in total. The molecule has 0 bridgehead atoms. The highest BCUT2D eigenvalue weighted by Crippen LogP contribution is 2.39. The number of nitrogens with zero attached hydrogens (tertiary/aromatic N) is 4. The van der Waals surface area contributed by atoms with E-state index >= 15 is 0 Å². The third kappa shape index (κ3) is 6.23. The SMILES string of the molecule is c1ccc(-c2nc(-c3ccc(N(c4ccc(-c5ccc6ccc7ccccc7c6c5)cc4)c4ccc(-c5ccc6c(n5)oc5ccccc56)cc4)cc3)cc3cccnc23)cc1. The second kappa shape index (κ2) is 14.7. The lowest BCUT2D eigenvalue weighted by molar-refractivity contribution is 0.654. The maximum atomic E-state index is 6.14. The molecule has 0 atom stereocenters. The summed E-state index contributed by atoms with van der Waals surface area (Å²) in [7, 11) is 0. The standard InChI is InChI=1S/C57H36N4O/c1-2-10-42(11-3-1)56-55-44(12-8-34-58-55)36-53(59-56)41-24-30-47(31-25-41)61(46-28-22-40(23-29-46)52-33-32-50-49-14-6-7-15-54(49)62-57(50)60-52)45-26-20-37(21-27-45)43-19-18-39-17-16-38-9-4-5-13-48(38)51(39)35-43/h1-36H. The van der Waals surface area contributed by atoms with Crippen LogP contribution < -0.4 is 4.90 Å². The van der Waals surface area contributed by atoms with Crippen LogP contribution in [0.2, 0.25) is 0 Å². The lowest BCUT2D eigenvalue weighted by Gasteiger charge is -2.26. The predicted molar refractivity (Wildman–Crippen MR) is 256 cm³/mol. The fourth-order valence-electron chi connectivity index (χ4n) is 8.79. The van der Waals surface area contributed by atoms with Gasteiger partial charge >= 0.3 is 0 Å². The van der Waals surface area contributed by atoms with E-state index in [-0.39, 0.29) is 0 Å². The number of hydrogen-bond acceptors (Lipinski definition) is 5. The van der Waals surface area contributed by atoms with E-state index < -0.39 is 0 Å². The van der Waals surface area contributed by atoms with Gasteiger partial charge in [0.25, 0.3) is 0 Å². The van der Waals surface area contributed by atoms with Crippen LogP contribution in [-0.4, -0.2) is 15.0 Å². The van der Waals surface area contributed by atoms with E-state index in [4.69, 9.17) is 19.4 Å². The van der Waals surface area contributed by atoms with E-state index in [0.717, 1.165) is 83.7 Å². The van der Waals surface area contributed by atoms with Crippen LogP contribution in [0.5, 0.6) is 0 Å². The van der Waals surface area contributed by atoms with Crippen LogP contribution in [0.1, 0.15) is 0 Å². The van der Waals surface area contributed by atoms with Gasteiger partial charge in [-0.1, -0.05) is 140 Å². The number of furan rings is 1. The summed E-state index contributed by atoms with van der Waals surface area (Å²) in [6.45, 7) is 0. The second-order valence-corrected chi connectivity index (χ2v) is 15.6. The average Bonchev–Trinajstić information content (AvgIpc) is 3.72. The van der Waals surface area contributed by atoms with Gasteiger partial charge < -0.3 is 9.32 Å². The Morgan fingerprint density at radius 3 is 1.71 bits per heavy atom. The molecular weight excluding hydrogens is 757 g/mol. The highest BCUT2D eigenvalue weighted by atomic mass is 16.3. The van der Waals surface area contributed by atoms with Gasteiger partial charge in [0.15, 0.2) is 0 Å². The molecule has 0 saturated heterocycles. The number of rotatable bonds is 7. The summed E-state index contributed by atoms with van der Waals surface area (Å²) in [5.41, 5.74) is 13.5. The Labute approximate surface area is 357 Å². The van der Waals surface area contributed by atoms with Crippen molar-refractivity contribution in [3.8, 4) is 44.9 Å². The number of fused-ring (bicyclic) bond motifs is 7. The van der Waals surface area contributed by atoms with Gasteiger partial charge in [0.1, 0.15) is 5.58 Å². The molecule has 4 heterocycles. The van der Waals surface area contributed by atoms with E-state index in [1.54, 1.807) is 0 Å². The van der Waals surface area contributed by atoms with E-state index in [1.807, 2.05) is 48.7 Å². The lowest BCUT2D eigenvalue weighted by atomic mass is 9.97. The first-order chi connectivity index (χ1) is 30.7. The van der Waals surface area contributed by atoms with E-state index in [0.29, 0.717) is 5.71 Å². The van der Waals surface area contributed by atoms with Crippen molar-refractivity contribution in [3.05, 3.63) is 219 Å². The van der Waals surface area contributed by atoms with E-state index in [1.165, 1.54) is 27.1 Å². The molecule has 0 aliphatic carbocycles. The number of benzene rings is 8. The summed E-state index contributed by atoms with van der Waals surface area (Å²) in [6.07, 6.45) is 1.83. The minimum atomic E-state index is 0.641. The maximum Gasteiger partial charge on any atom is 0.227 e. The number of para-hydroxylation sites is 1. The zero-order chi connectivity index (χ0) is 41.0. The van der Waals surface area contributed by atoms with Gasteiger partial charge in [-0.2, -0.15) is 0 Å². The van der Waals surface area contributed by atoms with Gasteiger partial charge in [0.05, 0.1) is 22.6 Å². The topological polar surface area (TPSA) is 55.1 Å². The number of aromatic nitrogens is 3. The van der Waals surface area contributed by atoms with Crippen molar-refractivity contribution in [2.45, 2.75) is 0 Å². The van der Waals surface area contributed by atoms with Crippen molar-refractivity contribution in [3.63, 3.8) is 0 Å². The van der Waals surface area contributed by atoms with Gasteiger partial charge in [-0.15, -0.1) is 0 Å². The highest BCUT2D eigenvalue weighted by Gasteiger charge is 2.17. The van der Waals surface area contributed by atoms with Crippen LogP contribution in [0.25, 0.3) is 99.4 Å². The van der Waals surface area contributed by atoms with Crippen LogP contribution in [0.4, 0.5) is 17.1 Å². The van der Waals surface area contributed by atoms with Gasteiger partial charge in [0, 0.05) is 56.1 Å². The number of hydrogen-bond donors (Lipinski definition) is 0. The van der Waals surface area contributed by atoms with Crippen molar-refractivity contribution in [2.24, 2.45) is 0 Å². The number of pyridine rings is 3. The minimum absolute atomic E-state index is 0.641. The molecule has 5 nitrogen and oxygen atoms in total. The summed E-state index contributed by atoms with van der Waals surface area (Å²) < 4.78 is 6.14.